The van der Waals surface area contributed by atoms with Gasteiger partial charge in [-0.05, 0) is 11.5 Å². The molecule has 0 spiro atoms. The Morgan fingerprint density at radius 1 is 1.14 bits per heavy atom. The molecule has 0 aliphatic carbocycles. The number of nitrogens with zero attached hydrogens (tertiary/aromatic N) is 2. The maximum Gasteiger partial charge on any atom is 0.327 e. The van der Waals surface area contributed by atoms with Gasteiger partial charge in [0.2, 0.25) is 5.91 Å². The minimum Gasteiger partial charge on any atom is -0.324 e. The van der Waals surface area contributed by atoms with E-state index in [2.05, 4.69) is 5.32 Å². The lowest BCUT2D eigenvalue weighted by atomic mass is 10.1. The number of rotatable bonds is 3. The predicted octanol–water partition coefficient (Wildman–Crippen LogP) is 1.67. The molecular weight excluding hydrogens is 282 g/mol. The third kappa shape index (κ3) is 2.50. The van der Waals surface area contributed by atoms with Gasteiger partial charge in [-0.3, -0.25) is 14.5 Å². The first-order valence-electron chi connectivity index (χ1n) is 6.89. The van der Waals surface area contributed by atoms with Crippen LogP contribution in [-0.4, -0.2) is 47.8 Å². The topological polar surface area (TPSA) is 69.7 Å². The van der Waals surface area contributed by atoms with Crippen molar-refractivity contribution in [1.82, 2.24) is 9.80 Å². The normalized spacial score (nSPS) is 14.8. The molecule has 2 aromatic rings. The van der Waals surface area contributed by atoms with Crippen LogP contribution in [0.1, 0.15) is 0 Å². The van der Waals surface area contributed by atoms with Crippen LogP contribution in [0.3, 0.4) is 0 Å². The Kier molecular flexibility index (Phi) is 3.50. The number of hydrogen-bond donors (Lipinski definition) is 1. The van der Waals surface area contributed by atoms with Gasteiger partial charge in [-0.15, -0.1) is 0 Å². The Bertz CT molecular complexity index is 767. The summed E-state index contributed by atoms with van der Waals surface area (Å²) < 4.78 is 0. The fraction of sp³-hybridized carbons (Fsp3) is 0.188. The van der Waals surface area contributed by atoms with Crippen molar-refractivity contribution in [2.45, 2.75) is 0 Å². The van der Waals surface area contributed by atoms with Crippen LogP contribution < -0.4 is 5.32 Å². The van der Waals surface area contributed by atoms with Crippen molar-refractivity contribution in [3.05, 3.63) is 42.5 Å². The van der Waals surface area contributed by atoms with E-state index in [9.17, 15) is 14.4 Å². The monoisotopic (exact) mass is 297 g/mol. The summed E-state index contributed by atoms with van der Waals surface area (Å²) in [4.78, 5) is 37.8. The van der Waals surface area contributed by atoms with Gasteiger partial charge >= 0.3 is 6.03 Å². The van der Waals surface area contributed by atoms with Gasteiger partial charge in [0.25, 0.3) is 5.91 Å². The summed E-state index contributed by atoms with van der Waals surface area (Å²) in [6, 6.07) is 12.8. The number of hydrogen-bond acceptors (Lipinski definition) is 3. The molecule has 0 atom stereocenters. The Balaban J connectivity index is 1.77. The molecule has 2 aromatic carbocycles. The molecule has 0 saturated carbocycles. The van der Waals surface area contributed by atoms with E-state index < -0.39 is 11.9 Å². The van der Waals surface area contributed by atoms with Crippen molar-refractivity contribution in [2.24, 2.45) is 0 Å². The van der Waals surface area contributed by atoms with Crippen molar-refractivity contribution in [3.8, 4) is 0 Å². The summed E-state index contributed by atoms with van der Waals surface area (Å²) in [5.74, 6) is -0.756. The Labute approximate surface area is 127 Å². The van der Waals surface area contributed by atoms with Crippen LogP contribution in [0, 0.1) is 0 Å². The lowest BCUT2D eigenvalue weighted by Crippen LogP contribution is -2.38. The summed E-state index contributed by atoms with van der Waals surface area (Å²) in [6.07, 6.45) is 0. The second-order valence-electron chi connectivity index (χ2n) is 5.19. The number of nitrogens with one attached hydrogen (secondary N) is 1. The van der Waals surface area contributed by atoms with E-state index in [4.69, 9.17) is 0 Å². The average molecular weight is 297 g/mol. The molecule has 6 nitrogen and oxygen atoms in total. The lowest BCUT2D eigenvalue weighted by molar-refractivity contribution is -0.129. The Hall–Kier alpha value is -2.89. The highest BCUT2D eigenvalue weighted by Gasteiger charge is 2.34. The first kappa shape index (κ1) is 14.1. The van der Waals surface area contributed by atoms with E-state index >= 15 is 0 Å². The number of anilines is 1. The third-order valence-electron chi connectivity index (χ3n) is 3.60. The summed E-state index contributed by atoms with van der Waals surface area (Å²) in [6.45, 7) is -0.258. The highest BCUT2D eigenvalue weighted by molar-refractivity contribution is 6.08. The molecule has 1 aliphatic heterocycles. The molecule has 1 heterocycles. The van der Waals surface area contributed by atoms with Crippen LogP contribution in [-0.2, 0) is 9.59 Å². The van der Waals surface area contributed by atoms with E-state index in [0.29, 0.717) is 5.69 Å². The molecule has 6 heteroatoms. The quantitative estimate of drug-likeness (QED) is 0.876. The summed E-state index contributed by atoms with van der Waals surface area (Å²) in [5, 5.41) is 4.68. The van der Waals surface area contributed by atoms with Gasteiger partial charge in [0.1, 0.15) is 13.1 Å². The van der Waals surface area contributed by atoms with Crippen molar-refractivity contribution in [1.29, 1.82) is 0 Å². The number of amides is 4. The van der Waals surface area contributed by atoms with Crippen LogP contribution in [0.5, 0.6) is 0 Å². The second kappa shape index (κ2) is 5.48. The molecule has 1 aliphatic rings. The zero-order valence-electron chi connectivity index (χ0n) is 12.1. The average Bonchev–Trinajstić information content (AvgIpc) is 2.74. The standard InChI is InChI=1S/C16H15N3O3/c1-18-10-15(21)19(16(18)22)9-14(20)17-13-8-4-6-11-5-2-3-7-12(11)13/h2-8H,9-10H2,1H3,(H,17,20). The fourth-order valence-electron chi connectivity index (χ4n) is 2.49. The molecule has 1 fully saturated rings. The molecule has 0 radical (unpaired) electrons. The van der Waals surface area contributed by atoms with Gasteiger partial charge in [-0.25, -0.2) is 4.79 Å². The van der Waals surface area contributed by atoms with Crippen LogP contribution in [0.15, 0.2) is 42.5 Å². The molecular formula is C16H15N3O3. The smallest absolute Gasteiger partial charge is 0.324 e. The predicted molar refractivity (Wildman–Crippen MR) is 82.3 cm³/mol. The van der Waals surface area contributed by atoms with Gasteiger partial charge in [-0.2, -0.15) is 0 Å². The molecule has 112 valence electrons. The van der Waals surface area contributed by atoms with E-state index in [0.717, 1.165) is 15.7 Å². The number of carbonyl (C=O) groups excluding carboxylic acids is 3. The Morgan fingerprint density at radius 3 is 2.59 bits per heavy atom. The van der Waals surface area contributed by atoms with Crippen LogP contribution in [0.25, 0.3) is 10.8 Å². The van der Waals surface area contributed by atoms with Gasteiger partial charge < -0.3 is 10.2 Å². The van der Waals surface area contributed by atoms with E-state index in [1.807, 2.05) is 36.4 Å². The van der Waals surface area contributed by atoms with Crippen LogP contribution in [0.4, 0.5) is 10.5 Å². The van der Waals surface area contributed by atoms with E-state index in [1.165, 1.54) is 11.9 Å². The highest BCUT2D eigenvalue weighted by Crippen LogP contribution is 2.23. The minimum atomic E-state index is -0.446. The minimum absolute atomic E-state index is 0.0143. The van der Waals surface area contributed by atoms with Gasteiger partial charge in [0, 0.05) is 18.1 Å². The summed E-state index contributed by atoms with van der Waals surface area (Å²) in [7, 11) is 1.53. The van der Waals surface area contributed by atoms with Crippen molar-refractivity contribution >= 4 is 34.3 Å². The van der Waals surface area contributed by atoms with Crippen LogP contribution >= 0.6 is 0 Å². The van der Waals surface area contributed by atoms with Gasteiger partial charge in [0.05, 0.1) is 0 Å². The summed E-state index contributed by atoms with van der Waals surface area (Å²) >= 11 is 0. The second-order valence-corrected chi connectivity index (χ2v) is 5.19. The zero-order valence-corrected chi connectivity index (χ0v) is 12.1. The number of fused-ring (bicyclic) bond motifs is 1. The number of imide groups is 1. The largest absolute Gasteiger partial charge is 0.327 e. The molecule has 0 bridgehead atoms. The molecule has 0 unspecified atom stereocenters. The van der Waals surface area contributed by atoms with Crippen LogP contribution in [0.2, 0.25) is 0 Å². The maximum absolute atomic E-state index is 12.1. The number of likely N-dealkylation sites (N-methyl/N-ethyl adjacent to an activating group) is 1. The lowest BCUT2D eigenvalue weighted by Gasteiger charge is -2.14. The molecule has 1 N–H and O–H groups in total. The van der Waals surface area contributed by atoms with Crippen molar-refractivity contribution in [3.63, 3.8) is 0 Å². The first-order valence-corrected chi connectivity index (χ1v) is 6.89. The van der Waals surface area contributed by atoms with Crippen molar-refractivity contribution < 1.29 is 14.4 Å². The maximum atomic E-state index is 12.1. The van der Waals surface area contributed by atoms with E-state index in [1.54, 1.807) is 6.07 Å². The fourth-order valence-corrected chi connectivity index (χ4v) is 2.49. The molecule has 22 heavy (non-hydrogen) atoms. The number of benzene rings is 2. The molecule has 1 saturated heterocycles. The van der Waals surface area contributed by atoms with Gasteiger partial charge in [-0.1, -0.05) is 36.4 Å². The SMILES string of the molecule is CN1CC(=O)N(CC(=O)Nc2cccc3ccccc23)C1=O. The molecule has 0 aromatic heterocycles. The van der Waals surface area contributed by atoms with Gasteiger partial charge in [0.15, 0.2) is 0 Å². The molecule has 4 amide bonds. The highest BCUT2D eigenvalue weighted by atomic mass is 16.2. The third-order valence-corrected chi connectivity index (χ3v) is 3.60. The first-order chi connectivity index (χ1) is 10.6. The van der Waals surface area contributed by atoms with E-state index in [-0.39, 0.29) is 19.0 Å². The Morgan fingerprint density at radius 2 is 1.86 bits per heavy atom. The molecule has 3 rings (SSSR count). The number of carbonyl (C=O) groups is 3. The zero-order chi connectivity index (χ0) is 15.7. The van der Waals surface area contributed by atoms with Crippen molar-refractivity contribution in [2.75, 3.05) is 25.5 Å². The summed E-state index contributed by atoms with van der Waals surface area (Å²) in [5.41, 5.74) is 0.663. The number of urea groups is 1.